The fourth-order valence-corrected chi connectivity index (χ4v) is 3.72. The van der Waals surface area contributed by atoms with Gasteiger partial charge in [0.25, 0.3) is 10.0 Å². The average molecular weight is 332 g/mol. The van der Waals surface area contributed by atoms with Crippen LogP contribution in [0, 0.1) is 6.92 Å². The number of sulfonamides is 1. The van der Waals surface area contributed by atoms with Crippen molar-refractivity contribution in [2.24, 2.45) is 0 Å². The van der Waals surface area contributed by atoms with Crippen LogP contribution in [-0.4, -0.2) is 13.4 Å². The number of nitrogens with two attached hydrogens (primary N) is 1. The van der Waals surface area contributed by atoms with E-state index in [0.29, 0.717) is 11.4 Å². The smallest absolute Gasteiger partial charge is 0.265 e. The zero-order chi connectivity index (χ0) is 14.9. The number of nitrogens with zero attached hydrogens (tertiary/aromatic N) is 1. The highest BCUT2D eigenvalue weighted by molar-refractivity contribution is 7.93. The van der Waals surface area contributed by atoms with Crippen LogP contribution in [0.4, 0.5) is 11.4 Å². The highest BCUT2D eigenvalue weighted by Gasteiger charge is 2.22. The number of hydrogen-bond acceptors (Lipinski definition) is 4. The molecule has 0 amide bonds. The number of nitrogen functional groups attached to an aromatic ring is 1. The van der Waals surface area contributed by atoms with E-state index >= 15 is 0 Å². The summed E-state index contributed by atoms with van der Waals surface area (Å²) in [6.45, 7) is 1.75. The van der Waals surface area contributed by atoms with Crippen LogP contribution in [0.5, 0.6) is 0 Å². The summed E-state index contributed by atoms with van der Waals surface area (Å²) >= 11 is 11.7. The summed E-state index contributed by atoms with van der Waals surface area (Å²) in [6, 6.07) is 5.79. The fourth-order valence-electron chi connectivity index (χ4n) is 1.68. The molecule has 1 heterocycles. The topological polar surface area (TPSA) is 85.1 Å². The average Bonchev–Trinajstić information content (AvgIpc) is 2.25. The molecule has 0 saturated heterocycles. The van der Waals surface area contributed by atoms with E-state index in [1.807, 2.05) is 0 Å². The van der Waals surface area contributed by atoms with Gasteiger partial charge in [-0.25, -0.2) is 8.42 Å². The second-order valence-corrected chi connectivity index (χ2v) is 6.56. The molecule has 0 aliphatic heterocycles. The number of aryl methyl sites for hydroxylation is 1. The first kappa shape index (κ1) is 14.9. The van der Waals surface area contributed by atoms with Gasteiger partial charge in [0.05, 0.1) is 16.4 Å². The number of hydrogen-bond donors (Lipinski definition) is 2. The monoisotopic (exact) mass is 331 g/mol. The standard InChI is InChI=1S/C12H11Cl2N3O2S/c1-7-4-9(2-3-16-7)17-20(18,19)12-10(14)5-8(13)6-11(12)15/h2-6H,15H2,1H3,(H,16,17). The van der Waals surface area contributed by atoms with Crippen LogP contribution in [0.25, 0.3) is 0 Å². The number of rotatable bonds is 3. The number of pyridine rings is 1. The van der Waals surface area contributed by atoms with E-state index in [2.05, 4.69) is 9.71 Å². The van der Waals surface area contributed by atoms with Gasteiger partial charge < -0.3 is 5.73 Å². The molecule has 1 aromatic heterocycles. The van der Waals surface area contributed by atoms with E-state index < -0.39 is 10.0 Å². The SMILES string of the molecule is Cc1cc(NS(=O)(=O)c2c(N)cc(Cl)cc2Cl)ccn1. The molecule has 0 fully saturated rings. The summed E-state index contributed by atoms with van der Waals surface area (Å²) in [6.07, 6.45) is 1.50. The zero-order valence-corrected chi connectivity index (χ0v) is 12.7. The van der Waals surface area contributed by atoms with E-state index in [1.54, 1.807) is 13.0 Å². The lowest BCUT2D eigenvalue weighted by Gasteiger charge is -2.12. The van der Waals surface area contributed by atoms with Gasteiger partial charge in [0.1, 0.15) is 4.90 Å². The molecular weight excluding hydrogens is 321 g/mol. The molecule has 2 rings (SSSR count). The molecule has 0 aliphatic carbocycles. The Bertz CT molecular complexity index is 740. The number of halogens is 2. The quantitative estimate of drug-likeness (QED) is 0.846. The summed E-state index contributed by atoms with van der Waals surface area (Å²) in [7, 11) is -3.90. The third-order valence-corrected chi connectivity index (χ3v) is 4.58. The molecule has 8 heteroatoms. The van der Waals surface area contributed by atoms with Gasteiger partial charge >= 0.3 is 0 Å². The highest BCUT2D eigenvalue weighted by Crippen LogP contribution is 2.32. The third-order valence-electron chi connectivity index (χ3n) is 2.45. The maximum absolute atomic E-state index is 12.3. The van der Waals surface area contributed by atoms with E-state index in [0.717, 1.165) is 0 Å². The molecule has 1 aromatic carbocycles. The van der Waals surface area contributed by atoms with Crippen molar-refractivity contribution in [3.05, 3.63) is 46.2 Å². The summed E-state index contributed by atoms with van der Waals surface area (Å²) in [5.41, 5.74) is 6.74. The van der Waals surface area contributed by atoms with E-state index in [-0.39, 0.29) is 20.6 Å². The Kier molecular flexibility index (Phi) is 4.08. The maximum atomic E-state index is 12.3. The van der Waals surface area contributed by atoms with Crippen molar-refractivity contribution in [3.63, 3.8) is 0 Å². The molecular formula is C12H11Cl2N3O2S. The normalized spacial score (nSPS) is 11.3. The molecule has 3 N–H and O–H groups in total. The Morgan fingerprint density at radius 1 is 1.25 bits per heavy atom. The van der Waals surface area contributed by atoms with Gasteiger partial charge in [-0.2, -0.15) is 0 Å². The lowest BCUT2D eigenvalue weighted by molar-refractivity contribution is 0.601. The van der Waals surface area contributed by atoms with Crippen molar-refractivity contribution in [1.29, 1.82) is 0 Å². The van der Waals surface area contributed by atoms with Gasteiger partial charge in [-0.3, -0.25) is 9.71 Å². The minimum atomic E-state index is -3.90. The van der Waals surface area contributed by atoms with Gasteiger partial charge in [0.15, 0.2) is 0 Å². The predicted octanol–water partition coefficient (Wildman–Crippen LogP) is 3.08. The van der Waals surface area contributed by atoms with E-state index in [1.165, 1.54) is 24.4 Å². The fraction of sp³-hybridized carbons (Fsp3) is 0.0833. The molecule has 20 heavy (non-hydrogen) atoms. The number of nitrogens with one attached hydrogen (secondary N) is 1. The van der Waals surface area contributed by atoms with Gasteiger partial charge in [-0.05, 0) is 31.2 Å². The van der Waals surface area contributed by atoms with Crippen LogP contribution >= 0.6 is 23.2 Å². The summed E-state index contributed by atoms with van der Waals surface area (Å²) in [5.74, 6) is 0. The molecule has 5 nitrogen and oxygen atoms in total. The van der Waals surface area contributed by atoms with E-state index in [9.17, 15) is 8.42 Å². The minimum Gasteiger partial charge on any atom is -0.398 e. The molecule has 0 aliphatic rings. The Morgan fingerprint density at radius 2 is 1.95 bits per heavy atom. The van der Waals surface area contributed by atoms with Crippen molar-refractivity contribution in [3.8, 4) is 0 Å². The molecule has 0 radical (unpaired) electrons. The van der Waals surface area contributed by atoms with Gasteiger partial charge in [0, 0.05) is 16.9 Å². The van der Waals surface area contributed by atoms with Crippen molar-refractivity contribution in [2.45, 2.75) is 11.8 Å². The maximum Gasteiger partial charge on any atom is 0.265 e. The summed E-state index contributed by atoms with van der Waals surface area (Å²) < 4.78 is 27.1. The molecule has 0 atom stereocenters. The van der Waals surface area contributed by atoms with Crippen LogP contribution in [0.15, 0.2) is 35.4 Å². The Morgan fingerprint density at radius 3 is 2.55 bits per heavy atom. The molecule has 106 valence electrons. The molecule has 0 saturated carbocycles. The lowest BCUT2D eigenvalue weighted by atomic mass is 10.3. The molecule has 2 aromatic rings. The first-order valence-electron chi connectivity index (χ1n) is 5.49. The van der Waals surface area contributed by atoms with Gasteiger partial charge in [-0.15, -0.1) is 0 Å². The third kappa shape index (κ3) is 3.15. The van der Waals surface area contributed by atoms with Gasteiger partial charge in [-0.1, -0.05) is 23.2 Å². The zero-order valence-electron chi connectivity index (χ0n) is 10.4. The molecule has 0 bridgehead atoms. The Labute approximate surface area is 126 Å². The Hall–Kier alpha value is -1.50. The van der Waals surface area contributed by atoms with Crippen LogP contribution in [0.2, 0.25) is 10.0 Å². The number of benzene rings is 1. The van der Waals surface area contributed by atoms with Crippen molar-refractivity contribution < 1.29 is 8.42 Å². The number of aromatic nitrogens is 1. The minimum absolute atomic E-state index is 0.0132. The first-order valence-corrected chi connectivity index (χ1v) is 7.73. The first-order chi connectivity index (χ1) is 9.29. The predicted molar refractivity (Wildman–Crippen MR) is 80.7 cm³/mol. The Balaban J connectivity index is 2.46. The summed E-state index contributed by atoms with van der Waals surface area (Å²) in [4.78, 5) is 3.79. The lowest BCUT2D eigenvalue weighted by Crippen LogP contribution is -2.15. The largest absolute Gasteiger partial charge is 0.398 e. The molecule has 0 spiro atoms. The van der Waals surface area contributed by atoms with Crippen molar-refractivity contribution in [2.75, 3.05) is 10.5 Å². The van der Waals surface area contributed by atoms with E-state index in [4.69, 9.17) is 28.9 Å². The van der Waals surface area contributed by atoms with Gasteiger partial charge in [0.2, 0.25) is 0 Å². The van der Waals surface area contributed by atoms with Crippen LogP contribution in [0.1, 0.15) is 5.69 Å². The van der Waals surface area contributed by atoms with Crippen LogP contribution in [-0.2, 0) is 10.0 Å². The summed E-state index contributed by atoms with van der Waals surface area (Å²) in [5, 5.41) is 0.236. The number of anilines is 2. The van der Waals surface area contributed by atoms with Crippen LogP contribution < -0.4 is 10.5 Å². The van der Waals surface area contributed by atoms with Crippen molar-refractivity contribution >= 4 is 44.6 Å². The second-order valence-electron chi connectivity index (χ2n) is 4.10. The highest BCUT2D eigenvalue weighted by atomic mass is 35.5. The second kappa shape index (κ2) is 5.47. The molecule has 0 unspecified atom stereocenters. The van der Waals surface area contributed by atoms with Crippen LogP contribution in [0.3, 0.4) is 0 Å². The van der Waals surface area contributed by atoms with Crippen molar-refractivity contribution in [1.82, 2.24) is 4.98 Å².